The Bertz CT molecular complexity index is 1110. The first kappa shape index (κ1) is 19.6. The second-order valence-electron chi connectivity index (χ2n) is 7.91. The Kier molecular flexibility index (Phi) is 4.78. The lowest BCUT2D eigenvalue weighted by Gasteiger charge is -2.20. The van der Waals surface area contributed by atoms with E-state index >= 15 is 0 Å². The normalized spacial score (nSPS) is 16.7. The number of aryl methyl sites for hydroxylation is 2. The van der Waals surface area contributed by atoms with E-state index in [2.05, 4.69) is 17.4 Å². The van der Waals surface area contributed by atoms with E-state index in [4.69, 9.17) is 0 Å². The maximum Gasteiger partial charge on any atom is 0.271 e. The molecule has 1 atom stereocenters. The van der Waals surface area contributed by atoms with Crippen molar-refractivity contribution in [2.45, 2.75) is 25.7 Å². The predicted octanol–water partition coefficient (Wildman–Crippen LogP) is 4.86. The lowest BCUT2D eigenvalue weighted by molar-refractivity contribution is -0.384. The van der Waals surface area contributed by atoms with Crippen molar-refractivity contribution in [3.8, 4) is 5.75 Å². The molecule has 0 aromatic heterocycles. The SMILES string of the molecule is Cc1cccc(C2(c3cccc(C)c3)CC2C(=O)Nc2cc([N+](=O)[O-])ccc2O)c1. The maximum atomic E-state index is 13.1. The Morgan fingerprint density at radius 1 is 1.03 bits per heavy atom. The third-order valence-electron chi connectivity index (χ3n) is 5.79. The van der Waals surface area contributed by atoms with Crippen LogP contribution in [0.1, 0.15) is 28.7 Å². The van der Waals surface area contributed by atoms with Gasteiger partial charge in [-0.1, -0.05) is 59.7 Å². The number of non-ortho nitro benzene ring substituents is 1. The van der Waals surface area contributed by atoms with Crippen LogP contribution in [0.25, 0.3) is 0 Å². The van der Waals surface area contributed by atoms with Crippen molar-refractivity contribution in [3.05, 3.63) is 99.1 Å². The van der Waals surface area contributed by atoms with Crippen LogP contribution in [0.4, 0.5) is 11.4 Å². The van der Waals surface area contributed by atoms with Gasteiger partial charge < -0.3 is 10.4 Å². The second kappa shape index (κ2) is 7.30. The van der Waals surface area contributed by atoms with E-state index < -0.39 is 10.3 Å². The molecular weight excluding hydrogens is 380 g/mol. The molecule has 1 unspecified atom stereocenters. The van der Waals surface area contributed by atoms with Crippen LogP contribution >= 0.6 is 0 Å². The Hall–Kier alpha value is -3.67. The minimum absolute atomic E-state index is 0.0449. The topological polar surface area (TPSA) is 92.5 Å². The zero-order valence-electron chi connectivity index (χ0n) is 16.8. The van der Waals surface area contributed by atoms with Crippen molar-refractivity contribution in [2.75, 3.05) is 5.32 Å². The molecule has 1 saturated carbocycles. The van der Waals surface area contributed by atoms with Gasteiger partial charge in [-0.3, -0.25) is 14.9 Å². The largest absolute Gasteiger partial charge is 0.506 e. The van der Waals surface area contributed by atoms with Gasteiger partial charge in [0.1, 0.15) is 5.75 Å². The molecule has 0 heterocycles. The van der Waals surface area contributed by atoms with Crippen LogP contribution in [-0.4, -0.2) is 15.9 Å². The van der Waals surface area contributed by atoms with Gasteiger partial charge in [-0.05, 0) is 37.5 Å². The van der Waals surface area contributed by atoms with Gasteiger partial charge in [0.05, 0.1) is 16.5 Å². The second-order valence-corrected chi connectivity index (χ2v) is 7.91. The number of nitrogens with one attached hydrogen (secondary N) is 1. The van der Waals surface area contributed by atoms with E-state index in [1.54, 1.807) is 0 Å². The summed E-state index contributed by atoms with van der Waals surface area (Å²) in [5.41, 5.74) is 3.75. The molecule has 1 aliphatic rings. The van der Waals surface area contributed by atoms with Crippen molar-refractivity contribution < 1.29 is 14.8 Å². The first-order valence-corrected chi connectivity index (χ1v) is 9.74. The molecule has 1 fully saturated rings. The molecule has 4 rings (SSSR count). The number of anilines is 1. The molecule has 0 aliphatic heterocycles. The van der Waals surface area contributed by atoms with E-state index in [1.807, 2.05) is 50.2 Å². The number of benzene rings is 3. The predicted molar refractivity (Wildman–Crippen MR) is 115 cm³/mol. The zero-order chi connectivity index (χ0) is 21.5. The molecule has 6 heteroatoms. The molecule has 1 amide bonds. The molecule has 30 heavy (non-hydrogen) atoms. The van der Waals surface area contributed by atoms with Gasteiger partial charge in [0.2, 0.25) is 5.91 Å². The fourth-order valence-electron chi connectivity index (χ4n) is 4.19. The lowest BCUT2D eigenvalue weighted by Crippen LogP contribution is -2.22. The Morgan fingerprint density at radius 3 is 2.17 bits per heavy atom. The smallest absolute Gasteiger partial charge is 0.271 e. The minimum Gasteiger partial charge on any atom is -0.506 e. The Morgan fingerprint density at radius 2 is 1.63 bits per heavy atom. The van der Waals surface area contributed by atoms with Gasteiger partial charge in [0, 0.05) is 17.5 Å². The molecule has 1 aliphatic carbocycles. The molecule has 6 nitrogen and oxygen atoms in total. The van der Waals surface area contributed by atoms with Crippen LogP contribution in [0, 0.1) is 29.9 Å². The highest BCUT2D eigenvalue weighted by Crippen LogP contribution is 2.59. The van der Waals surface area contributed by atoms with E-state index in [-0.39, 0.29) is 28.9 Å². The molecule has 3 aromatic carbocycles. The van der Waals surface area contributed by atoms with E-state index in [0.717, 1.165) is 22.3 Å². The number of phenolic OH excluding ortho intramolecular Hbond substituents is 1. The van der Waals surface area contributed by atoms with E-state index in [0.29, 0.717) is 6.42 Å². The van der Waals surface area contributed by atoms with Gasteiger partial charge in [-0.15, -0.1) is 0 Å². The molecule has 3 aromatic rings. The van der Waals surface area contributed by atoms with Crippen LogP contribution in [0.3, 0.4) is 0 Å². The molecule has 0 bridgehead atoms. The number of carbonyl (C=O) groups excluding carboxylic acids is 1. The van der Waals surface area contributed by atoms with E-state index in [1.165, 1.54) is 18.2 Å². The number of rotatable bonds is 5. The number of carbonyl (C=O) groups is 1. The summed E-state index contributed by atoms with van der Waals surface area (Å²) in [6.07, 6.45) is 0.626. The summed E-state index contributed by atoms with van der Waals surface area (Å²) in [6, 6.07) is 19.9. The molecule has 152 valence electrons. The summed E-state index contributed by atoms with van der Waals surface area (Å²) in [6.45, 7) is 4.04. The molecule has 0 saturated heterocycles. The molecular formula is C24H22N2O4. The average molecular weight is 402 g/mol. The minimum atomic E-state index is -0.560. The number of hydrogen-bond donors (Lipinski definition) is 2. The number of nitro benzene ring substituents is 1. The highest BCUT2D eigenvalue weighted by molar-refractivity contribution is 5.98. The summed E-state index contributed by atoms with van der Waals surface area (Å²) in [4.78, 5) is 23.6. The average Bonchev–Trinajstić information content (AvgIpc) is 3.47. The van der Waals surface area contributed by atoms with Gasteiger partial charge in [0.15, 0.2) is 0 Å². The number of aromatic hydroxyl groups is 1. The summed E-state index contributed by atoms with van der Waals surface area (Å²) in [7, 11) is 0. The van der Waals surface area contributed by atoms with Gasteiger partial charge in [-0.2, -0.15) is 0 Å². The quantitative estimate of drug-likeness (QED) is 0.362. The van der Waals surface area contributed by atoms with Crippen molar-refractivity contribution in [3.63, 3.8) is 0 Å². The zero-order valence-corrected chi connectivity index (χ0v) is 16.8. The fourth-order valence-corrected chi connectivity index (χ4v) is 4.19. The summed E-state index contributed by atoms with van der Waals surface area (Å²) in [5.74, 6) is -0.820. The number of nitrogens with zero attached hydrogens (tertiary/aromatic N) is 1. The third-order valence-corrected chi connectivity index (χ3v) is 5.79. The molecule has 2 N–H and O–H groups in total. The fraction of sp³-hybridized carbons (Fsp3) is 0.208. The standard InChI is InChI=1S/C24H22N2O4/c1-15-5-3-7-17(11-15)24(18-8-4-6-16(2)12-18)14-20(24)23(28)25-21-13-19(26(29)30)9-10-22(21)27/h3-13,20,27H,14H2,1-2H3,(H,25,28). The van der Waals surface area contributed by atoms with Crippen LogP contribution < -0.4 is 5.32 Å². The monoisotopic (exact) mass is 402 g/mol. The number of phenols is 1. The summed E-state index contributed by atoms with van der Waals surface area (Å²) >= 11 is 0. The van der Waals surface area contributed by atoms with Crippen LogP contribution in [0.15, 0.2) is 66.7 Å². The van der Waals surface area contributed by atoms with Gasteiger partial charge in [-0.25, -0.2) is 0 Å². The highest BCUT2D eigenvalue weighted by Gasteiger charge is 2.60. The Balaban J connectivity index is 1.70. The number of amides is 1. The summed E-state index contributed by atoms with van der Waals surface area (Å²) < 4.78 is 0. The highest BCUT2D eigenvalue weighted by atomic mass is 16.6. The van der Waals surface area contributed by atoms with E-state index in [9.17, 15) is 20.0 Å². The van der Waals surface area contributed by atoms with Crippen molar-refractivity contribution >= 4 is 17.3 Å². The van der Waals surface area contributed by atoms with Crippen molar-refractivity contribution in [1.82, 2.24) is 0 Å². The van der Waals surface area contributed by atoms with Crippen molar-refractivity contribution in [1.29, 1.82) is 0 Å². The lowest BCUT2D eigenvalue weighted by atomic mass is 9.84. The van der Waals surface area contributed by atoms with Crippen LogP contribution in [0.2, 0.25) is 0 Å². The number of hydrogen-bond acceptors (Lipinski definition) is 4. The van der Waals surface area contributed by atoms with Crippen molar-refractivity contribution in [2.24, 2.45) is 5.92 Å². The van der Waals surface area contributed by atoms with Gasteiger partial charge in [0.25, 0.3) is 5.69 Å². The first-order chi connectivity index (χ1) is 14.3. The maximum absolute atomic E-state index is 13.1. The van der Waals surface area contributed by atoms with Crippen LogP contribution in [0.5, 0.6) is 5.75 Å². The third kappa shape index (κ3) is 3.41. The summed E-state index contributed by atoms with van der Waals surface area (Å²) in [5, 5.41) is 23.8. The van der Waals surface area contributed by atoms with Crippen LogP contribution in [-0.2, 0) is 10.2 Å². The van der Waals surface area contributed by atoms with Gasteiger partial charge >= 0.3 is 0 Å². The first-order valence-electron chi connectivity index (χ1n) is 9.74. The molecule has 0 spiro atoms. The molecule has 0 radical (unpaired) electrons. The number of nitro groups is 1. The Labute approximate surface area is 174 Å².